The average Bonchev–Trinajstić information content (AvgIpc) is 2.61. The van der Waals surface area contributed by atoms with E-state index in [0.717, 1.165) is 32.1 Å². The van der Waals surface area contributed by atoms with Crippen molar-refractivity contribution in [2.45, 2.75) is 32.4 Å². The Bertz CT molecular complexity index is 524. The standard InChI is InChI=1S/C18H28N2O4/c1-14(24-16-7-5-15(22-4)6-8-16)17(21)19-13-18(2,3)20-9-11-23-12-10-20/h5-8,14H,9-13H2,1-4H3,(H,19,21). The monoisotopic (exact) mass is 336 g/mol. The maximum Gasteiger partial charge on any atom is 0.260 e. The lowest BCUT2D eigenvalue weighted by atomic mass is 10.0. The van der Waals surface area contributed by atoms with Crippen molar-refractivity contribution in [3.05, 3.63) is 24.3 Å². The van der Waals surface area contributed by atoms with Gasteiger partial charge in [-0.25, -0.2) is 0 Å². The number of morpholine rings is 1. The summed E-state index contributed by atoms with van der Waals surface area (Å²) in [5.41, 5.74) is -0.112. The fourth-order valence-corrected chi connectivity index (χ4v) is 2.64. The molecule has 1 heterocycles. The number of amides is 1. The van der Waals surface area contributed by atoms with Crippen molar-refractivity contribution in [2.75, 3.05) is 40.0 Å². The van der Waals surface area contributed by atoms with Crippen molar-refractivity contribution in [3.8, 4) is 11.5 Å². The van der Waals surface area contributed by atoms with Gasteiger partial charge in [0.2, 0.25) is 0 Å². The molecule has 1 saturated heterocycles. The fourth-order valence-electron chi connectivity index (χ4n) is 2.64. The molecule has 0 bridgehead atoms. The molecular weight excluding hydrogens is 308 g/mol. The highest BCUT2D eigenvalue weighted by Gasteiger charge is 2.29. The molecule has 1 aromatic rings. The molecule has 0 aromatic heterocycles. The number of nitrogens with zero attached hydrogens (tertiary/aromatic N) is 1. The molecule has 1 aliphatic rings. The number of benzene rings is 1. The highest BCUT2D eigenvalue weighted by atomic mass is 16.5. The SMILES string of the molecule is COc1ccc(OC(C)C(=O)NCC(C)(C)N2CCOCC2)cc1. The second-order valence-corrected chi connectivity index (χ2v) is 6.57. The normalized spacial score (nSPS) is 17.2. The van der Waals surface area contributed by atoms with E-state index in [0.29, 0.717) is 12.3 Å². The summed E-state index contributed by atoms with van der Waals surface area (Å²) < 4.78 is 16.2. The van der Waals surface area contributed by atoms with Crippen molar-refractivity contribution in [1.29, 1.82) is 0 Å². The first kappa shape index (κ1) is 18.5. The van der Waals surface area contributed by atoms with Gasteiger partial charge in [0.1, 0.15) is 11.5 Å². The molecule has 24 heavy (non-hydrogen) atoms. The molecule has 1 N–H and O–H groups in total. The van der Waals surface area contributed by atoms with E-state index in [4.69, 9.17) is 14.2 Å². The number of hydrogen-bond donors (Lipinski definition) is 1. The highest BCUT2D eigenvalue weighted by Crippen LogP contribution is 2.18. The van der Waals surface area contributed by atoms with Crippen molar-refractivity contribution in [2.24, 2.45) is 0 Å². The Morgan fingerprint density at radius 1 is 1.25 bits per heavy atom. The van der Waals surface area contributed by atoms with Crippen LogP contribution >= 0.6 is 0 Å². The Morgan fingerprint density at radius 2 is 1.83 bits per heavy atom. The van der Waals surface area contributed by atoms with Crippen LogP contribution in [0.15, 0.2) is 24.3 Å². The zero-order chi connectivity index (χ0) is 17.6. The van der Waals surface area contributed by atoms with Gasteiger partial charge in [-0.15, -0.1) is 0 Å². The van der Waals surface area contributed by atoms with Crippen LogP contribution in [0.3, 0.4) is 0 Å². The van der Waals surface area contributed by atoms with E-state index >= 15 is 0 Å². The van der Waals surface area contributed by atoms with E-state index in [1.54, 1.807) is 26.2 Å². The number of nitrogens with one attached hydrogen (secondary N) is 1. The number of carbonyl (C=O) groups excluding carboxylic acids is 1. The van der Waals surface area contributed by atoms with Gasteiger partial charge in [0, 0.05) is 25.2 Å². The molecule has 1 aliphatic heterocycles. The summed E-state index contributed by atoms with van der Waals surface area (Å²) in [5.74, 6) is 1.28. The Morgan fingerprint density at radius 3 is 2.42 bits per heavy atom. The molecule has 0 saturated carbocycles. The molecule has 6 heteroatoms. The molecule has 1 fully saturated rings. The maximum atomic E-state index is 12.3. The van der Waals surface area contributed by atoms with E-state index in [1.807, 2.05) is 12.1 Å². The first-order valence-corrected chi connectivity index (χ1v) is 8.33. The molecule has 134 valence electrons. The third-order valence-electron chi connectivity index (χ3n) is 4.30. The molecule has 2 rings (SSSR count). The van der Waals surface area contributed by atoms with Crippen LogP contribution in [-0.2, 0) is 9.53 Å². The average molecular weight is 336 g/mol. The van der Waals surface area contributed by atoms with Crippen LogP contribution in [0.5, 0.6) is 11.5 Å². The summed E-state index contributed by atoms with van der Waals surface area (Å²) in [6, 6.07) is 7.20. The topological polar surface area (TPSA) is 60.0 Å². The second-order valence-electron chi connectivity index (χ2n) is 6.57. The van der Waals surface area contributed by atoms with Crippen molar-refractivity contribution in [3.63, 3.8) is 0 Å². The lowest BCUT2D eigenvalue weighted by Gasteiger charge is -2.41. The third-order valence-corrected chi connectivity index (χ3v) is 4.30. The van der Waals surface area contributed by atoms with Gasteiger partial charge >= 0.3 is 0 Å². The Kier molecular flexibility index (Phi) is 6.45. The fraction of sp³-hybridized carbons (Fsp3) is 0.611. The van der Waals surface area contributed by atoms with Crippen LogP contribution in [0.2, 0.25) is 0 Å². The minimum absolute atomic E-state index is 0.112. The lowest BCUT2D eigenvalue weighted by Crippen LogP contribution is -2.56. The predicted octanol–water partition coefficient (Wildman–Crippen LogP) is 1.69. The Labute approximate surface area is 144 Å². The van der Waals surface area contributed by atoms with Crippen molar-refractivity contribution in [1.82, 2.24) is 10.2 Å². The largest absolute Gasteiger partial charge is 0.497 e. The van der Waals surface area contributed by atoms with Crippen LogP contribution in [0.25, 0.3) is 0 Å². The molecule has 1 unspecified atom stereocenters. The van der Waals surface area contributed by atoms with Crippen LogP contribution in [-0.4, -0.2) is 62.4 Å². The number of rotatable bonds is 7. The van der Waals surface area contributed by atoms with E-state index in [2.05, 4.69) is 24.1 Å². The number of carbonyl (C=O) groups is 1. The third kappa shape index (κ3) is 5.11. The molecule has 0 spiro atoms. The van der Waals surface area contributed by atoms with E-state index in [-0.39, 0.29) is 11.4 Å². The molecule has 6 nitrogen and oxygen atoms in total. The predicted molar refractivity (Wildman–Crippen MR) is 92.6 cm³/mol. The van der Waals surface area contributed by atoms with Crippen molar-refractivity contribution < 1.29 is 19.0 Å². The van der Waals surface area contributed by atoms with Gasteiger partial charge in [-0.3, -0.25) is 9.69 Å². The molecule has 1 aromatic carbocycles. The van der Waals surface area contributed by atoms with Gasteiger partial charge in [-0.2, -0.15) is 0 Å². The minimum Gasteiger partial charge on any atom is -0.497 e. The minimum atomic E-state index is -0.557. The van der Waals surface area contributed by atoms with Crippen LogP contribution in [0.4, 0.5) is 0 Å². The van der Waals surface area contributed by atoms with Crippen LogP contribution in [0.1, 0.15) is 20.8 Å². The van der Waals surface area contributed by atoms with Crippen molar-refractivity contribution >= 4 is 5.91 Å². The zero-order valence-electron chi connectivity index (χ0n) is 15.0. The molecule has 1 atom stereocenters. The quantitative estimate of drug-likeness (QED) is 0.821. The molecule has 0 aliphatic carbocycles. The number of ether oxygens (including phenoxy) is 3. The molecule has 1 amide bonds. The van der Waals surface area contributed by atoms with Gasteiger partial charge in [0.15, 0.2) is 6.10 Å². The second kappa shape index (κ2) is 8.35. The molecule has 0 radical (unpaired) electrons. The Balaban J connectivity index is 1.81. The number of hydrogen-bond acceptors (Lipinski definition) is 5. The summed E-state index contributed by atoms with van der Waals surface area (Å²) in [7, 11) is 1.61. The summed E-state index contributed by atoms with van der Waals surface area (Å²) in [5, 5.41) is 2.99. The van der Waals surface area contributed by atoms with E-state index in [1.165, 1.54) is 0 Å². The van der Waals surface area contributed by atoms with Gasteiger partial charge in [-0.1, -0.05) is 0 Å². The van der Waals surface area contributed by atoms with Gasteiger partial charge in [0.05, 0.1) is 20.3 Å². The van der Waals surface area contributed by atoms with E-state index < -0.39 is 6.10 Å². The summed E-state index contributed by atoms with van der Waals surface area (Å²) in [4.78, 5) is 14.6. The smallest absolute Gasteiger partial charge is 0.260 e. The highest BCUT2D eigenvalue weighted by molar-refractivity contribution is 5.80. The van der Waals surface area contributed by atoms with Gasteiger partial charge < -0.3 is 19.5 Å². The van der Waals surface area contributed by atoms with E-state index in [9.17, 15) is 4.79 Å². The first-order valence-electron chi connectivity index (χ1n) is 8.33. The Hall–Kier alpha value is -1.79. The zero-order valence-corrected chi connectivity index (χ0v) is 15.0. The van der Waals surface area contributed by atoms with Gasteiger partial charge in [0.25, 0.3) is 5.91 Å². The summed E-state index contributed by atoms with van der Waals surface area (Å²) in [6.07, 6.45) is -0.557. The van der Waals surface area contributed by atoms with Crippen LogP contribution in [0, 0.1) is 0 Å². The lowest BCUT2D eigenvalue weighted by molar-refractivity contribution is -0.128. The van der Waals surface area contributed by atoms with Crippen LogP contribution < -0.4 is 14.8 Å². The summed E-state index contributed by atoms with van der Waals surface area (Å²) in [6.45, 7) is 9.86. The molecular formula is C18H28N2O4. The first-order chi connectivity index (χ1) is 11.4. The number of methoxy groups -OCH3 is 1. The summed E-state index contributed by atoms with van der Waals surface area (Å²) >= 11 is 0. The van der Waals surface area contributed by atoms with Gasteiger partial charge in [-0.05, 0) is 45.0 Å². The maximum absolute atomic E-state index is 12.3.